The number of nitriles is 2. The number of halogens is 3. The molecule has 1 aliphatic rings. The Balaban J connectivity index is 1.79. The fourth-order valence-corrected chi connectivity index (χ4v) is 3.50. The van der Waals surface area contributed by atoms with Gasteiger partial charge in [-0.2, -0.15) is 15.5 Å². The molecule has 0 saturated carbocycles. The van der Waals surface area contributed by atoms with Crippen LogP contribution in [0.2, 0.25) is 5.15 Å². The van der Waals surface area contributed by atoms with Crippen LogP contribution in [-0.2, 0) is 19.5 Å². The average Bonchev–Trinajstić information content (AvgIpc) is 2.72. The smallest absolute Gasteiger partial charge is 0.272 e. The lowest BCUT2D eigenvalue weighted by atomic mass is 9.96. The van der Waals surface area contributed by atoms with Crippen molar-refractivity contribution in [3.05, 3.63) is 39.5 Å². The van der Waals surface area contributed by atoms with Gasteiger partial charge in [0, 0.05) is 36.8 Å². The summed E-state index contributed by atoms with van der Waals surface area (Å²) in [6, 6.07) is 7.28. The molecule has 0 amide bonds. The van der Waals surface area contributed by atoms with Gasteiger partial charge in [-0.3, -0.25) is 4.90 Å². The zero-order valence-electron chi connectivity index (χ0n) is 15.8. The lowest BCUT2D eigenvalue weighted by Gasteiger charge is -2.30. The number of pyridine rings is 2. The topological polar surface area (TPSA) is 124 Å². The molecule has 0 unspecified atom stereocenters. The first-order chi connectivity index (χ1) is 14.4. The molecule has 3 heterocycles. The van der Waals surface area contributed by atoms with Crippen LogP contribution in [0.25, 0.3) is 0 Å². The van der Waals surface area contributed by atoms with Crippen LogP contribution in [0.4, 0.5) is 20.4 Å². The van der Waals surface area contributed by atoms with Crippen molar-refractivity contribution in [3.63, 3.8) is 0 Å². The number of ether oxygens (including phenoxy) is 1. The summed E-state index contributed by atoms with van der Waals surface area (Å²) in [6.07, 6.45) is -1.99. The Kier molecular flexibility index (Phi) is 6.83. The van der Waals surface area contributed by atoms with Crippen LogP contribution in [0.1, 0.15) is 22.3 Å². The van der Waals surface area contributed by atoms with E-state index in [4.69, 9.17) is 27.3 Å². The Labute approximate surface area is 176 Å². The highest BCUT2D eigenvalue weighted by Gasteiger charge is 2.25. The van der Waals surface area contributed by atoms with Crippen molar-refractivity contribution in [2.45, 2.75) is 25.9 Å². The normalized spacial score (nSPS) is 13.4. The van der Waals surface area contributed by atoms with Crippen molar-refractivity contribution in [3.8, 4) is 18.0 Å². The number of nitrogens with two attached hydrogens (primary N) is 1. The quantitative estimate of drug-likeness (QED) is 0.504. The van der Waals surface area contributed by atoms with Gasteiger partial charge in [0.05, 0.1) is 11.6 Å². The maximum absolute atomic E-state index is 12.3. The van der Waals surface area contributed by atoms with E-state index in [0.717, 1.165) is 11.1 Å². The van der Waals surface area contributed by atoms with Crippen molar-refractivity contribution in [1.29, 1.82) is 10.5 Å². The molecule has 0 spiro atoms. The third-order valence-electron chi connectivity index (χ3n) is 4.61. The van der Waals surface area contributed by atoms with Gasteiger partial charge >= 0.3 is 0 Å². The minimum Gasteiger partial charge on any atom is -0.472 e. The molecule has 0 atom stereocenters. The fraction of sp³-hybridized carbons (Fsp3) is 0.368. The van der Waals surface area contributed by atoms with Crippen molar-refractivity contribution < 1.29 is 13.5 Å². The highest BCUT2D eigenvalue weighted by molar-refractivity contribution is 6.30. The summed E-state index contributed by atoms with van der Waals surface area (Å²) in [5.74, 6) is 0.743. The number of nitrogens with one attached hydrogen (secondary N) is 1. The zero-order valence-corrected chi connectivity index (χ0v) is 16.6. The summed E-state index contributed by atoms with van der Waals surface area (Å²) in [5.41, 5.74) is 8.61. The number of alkyl halides is 2. The van der Waals surface area contributed by atoms with E-state index in [1.807, 2.05) is 6.07 Å². The third kappa shape index (κ3) is 4.85. The number of nitrogen functional groups attached to an aromatic ring is 1. The second-order valence-corrected chi connectivity index (χ2v) is 6.92. The summed E-state index contributed by atoms with van der Waals surface area (Å²) in [7, 11) is 0. The predicted molar refractivity (Wildman–Crippen MR) is 106 cm³/mol. The summed E-state index contributed by atoms with van der Waals surface area (Å²) in [4.78, 5) is 10.3. The van der Waals surface area contributed by atoms with Crippen molar-refractivity contribution >= 4 is 23.2 Å². The summed E-state index contributed by atoms with van der Waals surface area (Å²) in [5, 5.41) is 21.4. The van der Waals surface area contributed by atoms with Crippen LogP contribution in [0.5, 0.6) is 5.88 Å². The Morgan fingerprint density at radius 3 is 2.77 bits per heavy atom. The van der Waals surface area contributed by atoms with Crippen LogP contribution in [0.15, 0.2) is 12.1 Å². The largest absolute Gasteiger partial charge is 0.472 e. The minimum absolute atomic E-state index is 0.0402. The van der Waals surface area contributed by atoms with Gasteiger partial charge < -0.3 is 15.8 Å². The van der Waals surface area contributed by atoms with E-state index in [9.17, 15) is 14.0 Å². The van der Waals surface area contributed by atoms with Crippen LogP contribution in [0, 0.1) is 22.7 Å². The van der Waals surface area contributed by atoms with Gasteiger partial charge in [0.25, 0.3) is 6.43 Å². The van der Waals surface area contributed by atoms with Crippen molar-refractivity contribution in [2.24, 2.45) is 0 Å². The van der Waals surface area contributed by atoms with Crippen LogP contribution in [-0.4, -0.2) is 41.0 Å². The first-order valence-corrected chi connectivity index (χ1v) is 9.41. The van der Waals surface area contributed by atoms with Gasteiger partial charge in [-0.25, -0.2) is 13.8 Å². The number of fused-ring (bicyclic) bond motifs is 1. The minimum atomic E-state index is -2.59. The highest BCUT2D eigenvalue weighted by Crippen LogP contribution is 2.32. The molecule has 0 aliphatic carbocycles. The molecule has 3 rings (SSSR count). The highest BCUT2D eigenvalue weighted by atomic mass is 35.5. The average molecular weight is 434 g/mol. The molecular weight excluding hydrogens is 416 g/mol. The van der Waals surface area contributed by atoms with Gasteiger partial charge in [-0.1, -0.05) is 11.6 Å². The SMILES string of the molecule is N#CCNc1nc(Cl)c(C#N)c2c1CCN(Cc1ccc(OCC(F)F)nc1N)C2. The van der Waals surface area contributed by atoms with Crippen LogP contribution < -0.4 is 15.8 Å². The molecular formula is C19H18ClF2N7O. The summed E-state index contributed by atoms with van der Waals surface area (Å²) < 4.78 is 29.4. The number of hydrogen-bond acceptors (Lipinski definition) is 8. The number of rotatable bonds is 7. The third-order valence-corrected chi connectivity index (χ3v) is 4.89. The zero-order chi connectivity index (χ0) is 21.7. The van der Waals surface area contributed by atoms with E-state index in [1.165, 1.54) is 6.07 Å². The maximum Gasteiger partial charge on any atom is 0.272 e. The van der Waals surface area contributed by atoms with E-state index in [1.54, 1.807) is 6.07 Å². The molecule has 0 aromatic carbocycles. The van der Waals surface area contributed by atoms with Crippen LogP contribution in [0.3, 0.4) is 0 Å². The monoisotopic (exact) mass is 433 g/mol. The standard InChI is InChI=1S/C19H18ClF2N7O/c20-17-13(7-24)14-9-29(6-3-12(14)19(28-17)26-5-4-23)8-11-1-2-16(27-18(11)25)30-10-15(21)22/h1-2,15H,3,5-6,8-10H2,(H2,25,27)(H,26,28). The van der Waals surface area contributed by atoms with Crippen molar-refractivity contribution in [1.82, 2.24) is 14.9 Å². The van der Waals surface area contributed by atoms with Gasteiger partial charge in [0.15, 0.2) is 6.61 Å². The number of hydrogen-bond donors (Lipinski definition) is 2. The van der Waals surface area contributed by atoms with Gasteiger partial charge in [-0.05, 0) is 18.1 Å². The molecule has 0 bridgehead atoms. The molecule has 0 saturated heterocycles. The van der Waals surface area contributed by atoms with E-state index >= 15 is 0 Å². The second-order valence-electron chi connectivity index (χ2n) is 6.56. The fourth-order valence-electron chi connectivity index (χ4n) is 3.26. The lowest BCUT2D eigenvalue weighted by Crippen LogP contribution is -2.32. The molecule has 2 aromatic rings. The molecule has 1 aliphatic heterocycles. The number of anilines is 2. The molecule has 30 heavy (non-hydrogen) atoms. The van der Waals surface area contributed by atoms with Gasteiger partial charge in [0.2, 0.25) is 5.88 Å². The maximum atomic E-state index is 12.3. The Bertz CT molecular complexity index is 1020. The summed E-state index contributed by atoms with van der Waals surface area (Å²) in [6.45, 7) is 0.867. The first-order valence-electron chi connectivity index (χ1n) is 9.03. The number of nitrogens with zero attached hydrogens (tertiary/aromatic N) is 5. The molecule has 0 radical (unpaired) electrons. The van der Waals surface area contributed by atoms with Gasteiger partial charge in [0.1, 0.15) is 29.4 Å². The lowest BCUT2D eigenvalue weighted by molar-refractivity contribution is 0.0796. The second kappa shape index (κ2) is 9.53. The van der Waals surface area contributed by atoms with E-state index < -0.39 is 13.0 Å². The molecule has 0 fully saturated rings. The Morgan fingerprint density at radius 1 is 1.30 bits per heavy atom. The van der Waals surface area contributed by atoms with E-state index in [2.05, 4.69) is 26.3 Å². The van der Waals surface area contributed by atoms with Gasteiger partial charge in [-0.15, -0.1) is 0 Å². The number of aromatic nitrogens is 2. The van der Waals surface area contributed by atoms with E-state index in [0.29, 0.717) is 43.0 Å². The Hall–Kier alpha value is -3.21. The predicted octanol–water partition coefficient (Wildman–Crippen LogP) is 2.72. The van der Waals surface area contributed by atoms with Crippen molar-refractivity contribution in [2.75, 3.05) is 30.7 Å². The summed E-state index contributed by atoms with van der Waals surface area (Å²) >= 11 is 6.18. The molecule has 8 nitrogen and oxygen atoms in total. The van der Waals surface area contributed by atoms with Crippen LogP contribution >= 0.6 is 11.6 Å². The molecule has 3 N–H and O–H groups in total. The van der Waals surface area contributed by atoms with E-state index in [-0.39, 0.29) is 23.4 Å². The molecule has 2 aromatic heterocycles. The Morgan fingerprint density at radius 2 is 2.10 bits per heavy atom. The molecule has 11 heteroatoms. The molecule has 156 valence electrons. The first kappa shape index (κ1) is 21.5.